The molecule has 6 rings (SSSR count). The maximum Gasteiger partial charge on any atom is 1.00 e. The summed E-state index contributed by atoms with van der Waals surface area (Å²) in [6.45, 7) is 5.87. The van der Waals surface area contributed by atoms with Crippen LogP contribution in [0, 0.1) is 6.92 Å². The Balaban J connectivity index is 0.000000312. The molecule has 4 aromatic rings. The Kier molecular flexibility index (Phi) is 16.7. The number of rotatable bonds is 2. The molecule has 4 heterocycles. The maximum absolute atomic E-state index is 8.12. The molecular formula is C29H31LiO7S2. The molecule has 0 aliphatic carbocycles. The van der Waals surface area contributed by atoms with E-state index in [4.69, 9.17) is 28.7 Å². The Morgan fingerprint density at radius 1 is 0.692 bits per heavy atom. The van der Waals surface area contributed by atoms with Crippen molar-refractivity contribution in [2.24, 2.45) is 0 Å². The van der Waals surface area contributed by atoms with E-state index in [1.165, 1.54) is 61.9 Å². The quantitative estimate of drug-likeness (QED) is 0.343. The molecule has 0 saturated carbocycles. The molecule has 0 spiro atoms. The van der Waals surface area contributed by atoms with E-state index in [0.717, 1.165) is 26.4 Å². The Morgan fingerprint density at radius 2 is 1.15 bits per heavy atom. The molecule has 2 saturated heterocycles. The number of fused-ring (bicyclic) bond motifs is 2. The largest absolute Gasteiger partial charge is 1.00 e. The van der Waals surface area contributed by atoms with Gasteiger partial charge >= 0.3 is 31.2 Å². The summed E-state index contributed by atoms with van der Waals surface area (Å²) in [6, 6.07) is 18.3. The van der Waals surface area contributed by atoms with Crippen LogP contribution in [-0.4, -0.2) is 44.2 Å². The average Bonchev–Trinajstić information content (AvgIpc) is 3.55. The van der Waals surface area contributed by atoms with Crippen LogP contribution in [0.3, 0.4) is 0 Å². The monoisotopic (exact) mass is 562 g/mol. The standard InChI is InChI=1S/C14H16OS.C13H14OS.2CO2.Li.H2O/c1-10-8-13-3-2-12(9-14(13)16-10)11-4-6-15-7-5-11;1-2-12(10-3-6-14-7-4-10)9-13-11(1)5-8-15-13;2*2-1-3;;/h2-3,8-9,11H,4-7H2,1H3;1-2,5,8-10H,3-4,6-7H2;;;;1H2/q;;;;+1;/p-1. The SMILES string of the molecule is Cc1cc2ccc(C3CCOCC3)cc2s1.O=C=O.O=C=O.[Li+].[OH-].c1cc2ccc(C3CCOCC3)cc2s1. The number of benzene rings is 2. The Morgan fingerprint density at radius 3 is 1.67 bits per heavy atom. The second-order valence-corrected chi connectivity index (χ2v) is 11.0. The predicted octanol–water partition coefficient (Wildman–Crippen LogP) is 3.56. The van der Waals surface area contributed by atoms with Gasteiger partial charge in [0.05, 0.1) is 0 Å². The molecule has 0 atom stereocenters. The summed E-state index contributed by atoms with van der Waals surface area (Å²) in [7, 11) is 0. The van der Waals surface area contributed by atoms with Crippen molar-refractivity contribution in [3.8, 4) is 0 Å². The Hall–Kier alpha value is -2.40. The fourth-order valence-electron chi connectivity index (χ4n) is 4.72. The van der Waals surface area contributed by atoms with Gasteiger partial charge < -0.3 is 14.9 Å². The average molecular weight is 563 g/mol. The van der Waals surface area contributed by atoms with Crippen LogP contribution in [0.15, 0.2) is 53.9 Å². The van der Waals surface area contributed by atoms with Crippen molar-refractivity contribution in [2.75, 3.05) is 26.4 Å². The number of aryl methyl sites for hydroxylation is 1. The smallest absolute Gasteiger partial charge is 0.870 e. The summed E-state index contributed by atoms with van der Waals surface area (Å²) in [5, 5.41) is 4.92. The second kappa shape index (κ2) is 18.8. The summed E-state index contributed by atoms with van der Waals surface area (Å²) in [6.07, 6.45) is 5.21. The van der Waals surface area contributed by atoms with Crippen LogP contribution in [0.2, 0.25) is 0 Å². The summed E-state index contributed by atoms with van der Waals surface area (Å²) >= 11 is 3.73. The zero-order valence-electron chi connectivity index (χ0n) is 22.2. The number of hydrogen-bond acceptors (Lipinski definition) is 9. The van der Waals surface area contributed by atoms with E-state index in [1.54, 1.807) is 0 Å². The molecule has 7 nitrogen and oxygen atoms in total. The first-order valence-corrected chi connectivity index (χ1v) is 13.9. The number of thiophene rings is 2. The van der Waals surface area contributed by atoms with Gasteiger partial charge in [0.2, 0.25) is 0 Å². The van der Waals surface area contributed by atoms with Crippen molar-refractivity contribution in [3.05, 3.63) is 69.9 Å². The molecule has 10 heteroatoms. The second-order valence-electron chi connectivity index (χ2n) is 8.81. The van der Waals surface area contributed by atoms with Crippen LogP contribution in [0.1, 0.15) is 53.5 Å². The number of hydrogen-bond donors (Lipinski definition) is 0. The fraction of sp³-hybridized carbons (Fsp3) is 0.379. The molecule has 0 bridgehead atoms. The van der Waals surface area contributed by atoms with E-state index in [1.807, 2.05) is 22.7 Å². The Labute approximate surface area is 248 Å². The van der Waals surface area contributed by atoms with Crippen molar-refractivity contribution in [2.45, 2.75) is 44.4 Å². The minimum absolute atomic E-state index is 0. The van der Waals surface area contributed by atoms with Crippen molar-refractivity contribution in [1.82, 2.24) is 0 Å². The molecule has 202 valence electrons. The minimum Gasteiger partial charge on any atom is -0.870 e. The van der Waals surface area contributed by atoms with Gasteiger partial charge in [-0.3, -0.25) is 0 Å². The molecule has 2 aliphatic rings. The minimum atomic E-state index is 0. The van der Waals surface area contributed by atoms with Gasteiger partial charge in [-0.05, 0) is 96.0 Å². The zero-order valence-corrected chi connectivity index (χ0v) is 23.9. The molecular weight excluding hydrogens is 531 g/mol. The van der Waals surface area contributed by atoms with Crippen molar-refractivity contribution in [3.63, 3.8) is 0 Å². The topological polar surface area (TPSA) is 117 Å². The van der Waals surface area contributed by atoms with Crippen LogP contribution < -0.4 is 18.9 Å². The van der Waals surface area contributed by atoms with Gasteiger partial charge in [-0.25, -0.2) is 0 Å². The summed E-state index contributed by atoms with van der Waals surface area (Å²) in [5.41, 5.74) is 2.99. The normalized spacial score (nSPS) is 14.9. The van der Waals surface area contributed by atoms with Gasteiger partial charge in [0.15, 0.2) is 0 Å². The van der Waals surface area contributed by atoms with Crippen LogP contribution >= 0.6 is 22.7 Å². The molecule has 0 unspecified atom stereocenters. The van der Waals surface area contributed by atoms with Crippen LogP contribution in [0.5, 0.6) is 0 Å². The first-order valence-electron chi connectivity index (χ1n) is 12.2. The predicted molar refractivity (Wildman–Crippen MR) is 146 cm³/mol. The van der Waals surface area contributed by atoms with Crippen LogP contribution in [0.4, 0.5) is 0 Å². The fourth-order valence-corrected chi connectivity index (χ4v) is 6.53. The molecule has 1 N–H and O–H groups in total. The molecule has 2 fully saturated rings. The van der Waals surface area contributed by atoms with Crippen LogP contribution in [-0.2, 0) is 28.7 Å². The van der Waals surface area contributed by atoms with E-state index in [2.05, 4.69) is 60.8 Å². The first-order chi connectivity index (χ1) is 18.1. The number of carbonyl (C=O) groups excluding carboxylic acids is 4. The van der Waals surface area contributed by atoms with Gasteiger partial charge in [-0.2, -0.15) is 19.2 Å². The van der Waals surface area contributed by atoms with Gasteiger partial charge in [0.25, 0.3) is 0 Å². The molecule has 2 aliphatic heterocycles. The van der Waals surface area contributed by atoms with Gasteiger partial charge in [-0.15, -0.1) is 22.7 Å². The third-order valence-electron chi connectivity index (χ3n) is 6.53. The summed E-state index contributed by atoms with van der Waals surface area (Å²) in [5.74, 6) is 1.42. The van der Waals surface area contributed by atoms with Crippen LogP contribution in [0.25, 0.3) is 20.2 Å². The molecule has 0 amide bonds. The van der Waals surface area contributed by atoms with E-state index < -0.39 is 0 Å². The van der Waals surface area contributed by atoms with Crippen molar-refractivity contribution < 1.29 is 53.0 Å². The third-order valence-corrected chi connectivity index (χ3v) is 8.43. The third kappa shape index (κ3) is 10.6. The molecule has 39 heavy (non-hydrogen) atoms. The van der Waals surface area contributed by atoms with E-state index in [-0.39, 0.29) is 36.6 Å². The van der Waals surface area contributed by atoms with Gasteiger partial charge in [0.1, 0.15) is 0 Å². The Bertz CT molecular complexity index is 1310. The first kappa shape index (κ1) is 34.6. The van der Waals surface area contributed by atoms with E-state index in [9.17, 15) is 0 Å². The molecule has 0 radical (unpaired) electrons. The molecule has 2 aromatic carbocycles. The summed E-state index contributed by atoms with van der Waals surface area (Å²) < 4.78 is 13.7. The number of ether oxygens (including phenoxy) is 2. The van der Waals surface area contributed by atoms with Gasteiger partial charge in [-0.1, -0.05) is 24.3 Å². The van der Waals surface area contributed by atoms with Crippen molar-refractivity contribution >= 4 is 55.1 Å². The zero-order chi connectivity index (χ0) is 26.5. The summed E-state index contributed by atoms with van der Waals surface area (Å²) in [4.78, 5) is 33.9. The molecule has 2 aromatic heterocycles. The van der Waals surface area contributed by atoms with E-state index >= 15 is 0 Å². The maximum atomic E-state index is 8.12. The van der Waals surface area contributed by atoms with Gasteiger partial charge in [0, 0.05) is 40.7 Å². The van der Waals surface area contributed by atoms with Crippen molar-refractivity contribution in [1.29, 1.82) is 0 Å². The van der Waals surface area contributed by atoms with E-state index in [0.29, 0.717) is 11.8 Å².